The van der Waals surface area contributed by atoms with Gasteiger partial charge in [0.1, 0.15) is 0 Å². The SMILES string of the molecule is N#[C][Pt-2]([C]#N)([C]#N)[C]#N.[O]=[V+2]. The van der Waals surface area contributed by atoms with Crippen molar-refractivity contribution in [1.82, 2.24) is 0 Å². The summed E-state index contributed by atoms with van der Waals surface area (Å²) in [6.45, 7) is 0. The van der Waals surface area contributed by atoms with Gasteiger partial charge in [0.15, 0.2) is 0 Å². The van der Waals surface area contributed by atoms with E-state index in [4.69, 9.17) is 24.7 Å². The Labute approximate surface area is 75.9 Å². The molecular weight excluding hydrogens is 366 g/mol. The maximum absolute atomic E-state index is 8.19. The normalized spacial score (nSPS) is 8.18. The molecule has 0 saturated heterocycles. The van der Waals surface area contributed by atoms with Crippen LogP contribution in [0.1, 0.15) is 0 Å². The van der Waals surface area contributed by atoms with Gasteiger partial charge >= 0.3 is 76.0 Å². The summed E-state index contributed by atoms with van der Waals surface area (Å²) in [6, 6.07) is 0. The number of hydrogen-bond acceptors (Lipinski definition) is 5. The first-order chi connectivity index (χ1) is 5.24. The van der Waals surface area contributed by atoms with Crippen LogP contribution >= 0.6 is 0 Å². The van der Waals surface area contributed by atoms with Crippen LogP contribution in [0.2, 0.25) is 0 Å². The van der Waals surface area contributed by atoms with Crippen LogP contribution in [0.4, 0.5) is 0 Å². The van der Waals surface area contributed by atoms with E-state index in [2.05, 4.69) is 0 Å². The summed E-state index contributed by atoms with van der Waals surface area (Å²) in [5, 5.41) is 32.6. The van der Waals surface area contributed by atoms with Crippen molar-refractivity contribution in [3.8, 4) is 17.8 Å². The Kier molecular flexibility index (Phi) is 8.24. The van der Waals surface area contributed by atoms with Crippen molar-refractivity contribution in [2.24, 2.45) is 0 Å². The molecule has 0 heterocycles. The first-order valence-corrected chi connectivity index (χ1v) is 6.82. The summed E-state index contributed by atoms with van der Waals surface area (Å²) in [4.78, 5) is 0. The average molecular weight is 366 g/mol. The molecule has 0 aliphatic carbocycles. The number of nitriles is 4. The first kappa shape index (κ1) is 12.7. The van der Waals surface area contributed by atoms with E-state index in [1.165, 1.54) is 17.8 Å². The fraction of sp³-hybridized carbons (Fsp3) is 0. The Morgan fingerprint density at radius 2 is 1.00 bits per heavy atom. The van der Waals surface area contributed by atoms with E-state index in [-0.39, 0.29) is 0 Å². The predicted octanol–water partition coefficient (Wildman–Crippen LogP) is -0.0567. The van der Waals surface area contributed by atoms with E-state index in [0.29, 0.717) is 0 Å². The Morgan fingerprint density at radius 3 is 1.00 bits per heavy atom. The zero-order valence-corrected chi connectivity index (χ0v) is 8.63. The number of hydrogen-bond donors (Lipinski definition) is 0. The summed E-state index contributed by atoms with van der Waals surface area (Å²) >= 11 is -2.81. The van der Waals surface area contributed by atoms with Gasteiger partial charge in [-0.1, -0.05) is 0 Å². The molecule has 11 heavy (non-hydrogen) atoms. The van der Waals surface area contributed by atoms with Gasteiger partial charge in [0, 0.05) is 0 Å². The average Bonchev–Trinajstić information content (AvgIpc) is 2.13. The first-order valence-electron chi connectivity index (χ1n) is 1.71. The van der Waals surface area contributed by atoms with Crippen LogP contribution in [0.3, 0.4) is 0 Å². The minimum absolute atomic E-state index is 1.06. The Balaban J connectivity index is 0. The van der Waals surface area contributed by atoms with E-state index in [0.717, 1.165) is 17.4 Å². The van der Waals surface area contributed by atoms with Crippen molar-refractivity contribution in [1.29, 1.82) is 21.0 Å². The zero-order chi connectivity index (χ0) is 9.33. The Hall–Kier alpha value is -0.967. The van der Waals surface area contributed by atoms with Crippen LogP contribution < -0.4 is 0 Å². The van der Waals surface area contributed by atoms with Gasteiger partial charge < -0.3 is 0 Å². The van der Waals surface area contributed by atoms with Crippen LogP contribution in [-0.2, 0) is 37.1 Å². The van der Waals surface area contributed by atoms with Crippen molar-refractivity contribution in [3.63, 3.8) is 0 Å². The number of nitrogens with zero attached hydrogens (tertiary/aromatic N) is 4. The van der Waals surface area contributed by atoms with E-state index < -0.39 is 16.1 Å². The molecule has 57 valence electrons. The second-order valence-electron chi connectivity index (χ2n) is 0.757. The summed E-state index contributed by atoms with van der Waals surface area (Å²) in [6.07, 6.45) is 0. The Morgan fingerprint density at radius 1 is 0.818 bits per heavy atom. The van der Waals surface area contributed by atoms with Crippen molar-refractivity contribution in [3.05, 3.63) is 0 Å². The molecule has 0 aromatic carbocycles. The van der Waals surface area contributed by atoms with Gasteiger partial charge in [-0.05, 0) is 0 Å². The van der Waals surface area contributed by atoms with E-state index in [1.807, 2.05) is 0 Å². The van der Waals surface area contributed by atoms with Crippen LogP contribution in [0, 0.1) is 38.9 Å². The topological polar surface area (TPSA) is 112 Å². The molecule has 0 rings (SSSR count). The molecule has 0 unspecified atom stereocenters. The van der Waals surface area contributed by atoms with E-state index in [1.54, 1.807) is 0 Å². The molecule has 0 amide bonds. The summed E-state index contributed by atoms with van der Waals surface area (Å²) in [5.41, 5.74) is 0. The standard InChI is InChI=1S/4CN.O.Pt.V/c4*1-2;;;/q;;;;;-2;+2. The van der Waals surface area contributed by atoms with Crippen LogP contribution in [0.15, 0.2) is 0 Å². The van der Waals surface area contributed by atoms with Crippen molar-refractivity contribution < 1.29 is 37.1 Å². The molecule has 0 bridgehead atoms. The van der Waals surface area contributed by atoms with Crippen LogP contribution in [0.5, 0.6) is 0 Å². The molecular formula is C4N4OPtV. The van der Waals surface area contributed by atoms with Gasteiger partial charge in [-0.25, -0.2) is 0 Å². The van der Waals surface area contributed by atoms with Crippen molar-refractivity contribution >= 4 is 0 Å². The predicted molar refractivity (Wildman–Crippen MR) is 23.1 cm³/mol. The summed E-state index contributed by atoms with van der Waals surface area (Å²) in [7, 11) is 0. The Bertz CT molecular complexity index is 228. The van der Waals surface area contributed by atoms with E-state index in [9.17, 15) is 0 Å². The van der Waals surface area contributed by atoms with Gasteiger partial charge in [-0.15, -0.1) is 0 Å². The van der Waals surface area contributed by atoms with Gasteiger partial charge in [0.25, 0.3) is 0 Å². The van der Waals surface area contributed by atoms with Gasteiger partial charge in [-0.3, -0.25) is 0 Å². The van der Waals surface area contributed by atoms with Crippen molar-refractivity contribution in [2.75, 3.05) is 0 Å². The quantitative estimate of drug-likeness (QED) is 0.596. The molecule has 0 radical (unpaired) electrons. The number of rotatable bonds is 0. The monoisotopic (exact) mass is 366 g/mol. The van der Waals surface area contributed by atoms with Gasteiger partial charge in [0.2, 0.25) is 0 Å². The second-order valence-corrected chi connectivity index (χ2v) is 6.20. The molecule has 5 nitrogen and oxygen atoms in total. The third-order valence-electron chi connectivity index (χ3n) is 0.424. The third-order valence-corrected chi connectivity index (χ3v) is 3.47. The maximum atomic E-state index is 8.19. The fourth-order valence-corrected chi connectivity index (χ4v) is 0.777. The molecule has 0 atom stereocenters. The summed E-state index contributed by atoms with van der Waals surface area (Å²) in [5.74, 6) is 0. The molecule has 0 N–H and O–H groups in total. The van der Waals surface area contributed by atoms with Gasteiger partial charge in [0.05, 0.1) is 0 Å². The molecule has 0 aliphatic heterocycles. The molecule has 0 aliphatic rings. The molecule has 0 fully saturated rings. The van der Waals surface area contributed by atoms with Gasteiger partial charge in [-0.2, -0.15) is 0 Å². The third kappa shape index (κ3) is 3.67. The summed E-state index contributed by atoms with van der Waals surface area (Å²) < 4.78 is 14.0. The van der Waals surface area contributed by atoms with Crippen LogP contribution in [0.25, 0.3) is 0 Å². The molecule has 7 heteroatoms. The minimum atomic E-state index is -3.88. The molecule has 0 saturated carbocycles. The van der Waals surface area contributed by atoms with Crippen molar-refractivity contribution in [2.45, 2.75) is 0 Å². The fourth-order valence-electron chi connectivity index (χ4n) is 0.0949. The molecule has 0 aromatic heterocycles. The van der Waals surface area contributed by atoms with Crippen LogP contribution in [-0.4, -0.2) is 0 Å². The molecule has 0 aromatic rings. The molecule has 0 spiro atoms. The zero-order valence-electron chi connectivity index (χ0n) is 4.96. The second kappa shape index (κ2) is 7.14. The van der Waals surface area contributed by atoms with E-state index >= 15 is 0 Å².